The molecule has 2 fully saturated rings. The molecule has 2 aliphatic rings. The SMILES string of the molecule is CN(C)c1cccc(S(=O)(=O)N2C[C@@H]3C(CF)[C@@H]3C2)c1. The predicted octanol–water partition coefficient (Wildman–Crippen LogP) is 1.59. The van der Waals surface area contributed by atoms with Crippen LogP contribution in [0.25, 0.3) is 0 Å². The minimum Gasteiger partial charge on any atom is -0.378 e. The van der Waals surface area contributed by atoms with Crippen molar-refractivity contribution in [3.05, 3.63) is 24.3 Å². The Morgan fingerprint density at radius 1 is 1.30 bits per heavy atom. The van der Waals surface area contributed by atoms with Crippen LogP contribution >= 0.6 is 0 Å². The molecule has 0 bridgehead atoms. The number of halogens is 1. The van der Waals surface area contributed by atoms with Gasteiger partial charge in [0, 0.05) is 32.9 Å². The van der Waals surface area contributed by atoms with Gasteiger partial charge >= 0.3 is 0 Å². The van der Waals surface area contributed by atoms with E-state index in [4.69, 9.17) is 0 Å². The first-order valence-corrected chi connectivity index (χ1v) is 8.22. The molecule has 1 aliphatic heterocycles. The van der Waals surface area contributed by atoms with Crippen LogP contribution in [0.5, 0.6) is 0 Å². The molecular formula is C14H19FN2O2S. The zero-order chi connectivity index (χ0) is 14.5. The Labute approximate surface area is 119 Å². The lowest BCUT2D eigenvalue weighted by molar-refractivity contribution is 0.361. The number of hydrogen-bond acceptors (Lipinski definition) is 3. The number of nitrogens with zero attached hydrogens (tertiary/aromatic N) is 2. The van der Waals surface area contributed by atoms with E-state index in [-0.39, 0.29) is 24.4 Å². The van der Waals surface area contributed by atoms with Crippen molar-refractivity contribution in [1.29, 1.82) is 0 Å². The van der Waals surface area contributed by atoms with Gasteiger partial charge in [-0.05, 0) is 36.0 Å². The zero-order valence-corrected chi connectivity index (χ0v) is 12.5. The highest BCUT2D eigenvalue weighted by molar-refractivity contribution is 7.89. The van der Waals surface area contributed by atoms with E-state index in [0.29, 0.717) is 18.0 Å². The van der Waals surface area contributed by atoms with Crippen molar-refractivity contribution in [3.8, 4) is 0 Å². The summed E-state index contributed by atoms with van der Waals surface area (Å²) in [6.07, 6.45) is 0. The van der Waals surface area contributed by atoms with E-state index in [1.807, 2.05) is 25.1 Å². The number of hydrogen-bond donors (Lipinski definition) is 0. The van der Waals surface area contributed by atoms with Crippen LogP contribution in [0.2, 0.25) is 0 Å². The van der Waals surface area contributed by atoms with Crippen LogP contribution in [0, 0.1) is 17.8 Å². The first kappa shape index (κ1) is 13.8. The fourth-order valence-electron chi connectivity index (χ4n) is 3.11. The van der Waals surface area contributed by atoms with E-state index in [2.05, 4.69) is 0 Å². The molecule has 1 aromatic rings. The Balaban J connectivity index is 1.81. The number of fused-ring (bicyclic) bond motifs is 1. The monoisotopic (exact) mass is 298 g/mol. The maximum atomic E-state index is 12.6. The summed E-state index contributed by atoms with van der Waals surface area (Å²) >= 11 is 0. The van der Waals surface area contributed by atoms with Gasteiger partial charge < -0.3 is 4.90 Å². The Hall–Kier alpha value is -1.14. The molecule has 1 saturated carbocycles. The van der Waals surface area contributed by atoms with E-state index in [1.54, 1.807) is 18.2 Å². The molecule has 0 aromatic heterocycles. The molecule has 0 amide bonds. The number of piperidine rings is 1. The molecule has 3 atom stereocenters. The summed E-state index contributed by atoms with van der Waals surface area (Å²) in [6, 6.07) is 6.94. The molecule has 1 aliphatic carbocycles. The van der Waals surface area contributed by atoms with Gasteiger partial charge in [0.05, 0.1) is 11.6 Å². The first-order chi connectivity index (χ1) is 9.45. The van der Waals surface area contributed by atoms with Gasteiger partial charge in [0.25, 0.3) is 0 Å². The maximum Gasteiger partial charge on any atom is 0.243 e. The second-order valence-electron chi connectivity index (χ2n) is 5.86. The molecule has 1 unspecified atom stereocenters. The fraction of sp³-hybridized carbons (Fsp3) is 0.571. The van der Waals surface area contributed by atoms with Gasteiger partial charge in [0.2, 0.25) is 10.0 Å². The second kappa shape index (κ2) is 4.70. The van der Waals surface area contributed by atoms with Crippen LogP contribution in [0.15, 0.2) is 29.2 Å². The molecular weight excluding hydrogens is 279 g/mol. The van der Waals surface area contributed by atoms with Crippen LogP contribution in [-0.4, -0.2) is 46.6 Å². The molecule has 1 saturated heterocycles. The topological polar surface area (TPSA) is 40.6 Å². The van der Waals surface area contributed by atoms with Crippen LogP contribution in [0.3, 0.4) is 0 Å². The third-order valence-electron chi connectivity index (χ3n) is 4.49. The van der Waals surface area contributed by atoms with E-state index < -0.39 is 10.0 Å². The zero-order valence-electron chi connectivity index (χ0n) is 11.7. The molecule has 6 heteroatoms. The summed E-state index contributed by atoms with van der Waals surface area (Å²) < 4.78 is 39.3. The molecule has 1 heterocycles. The van der Waals surface area contributed by atoms with Crippen LogP contribution in [-0.2, 0) is 10.0 Å². The van der Waals surface area contributed by atoms with E-state index in [1.165, 1.54) is 4.31 Å². The van der Waals surface area contributed by atoms with E-state index in [0.717, 1.165) is 5.69 Å². The second-order valence-corrected chi connectivity index (χ2v) is 7.80. The highest BCUT2D eigenvalue weighted by Crippen LogP contribution is 2.52. The molecule has 110 valence electrons. The lowest BCUT2D eigenvalue weighted by atomic mass is 10.3. The van der Waals surface area contributed by atoms with E-state index in [9.17, 15) is 12.8 Å². The van der Waals surface area contributed by atoms with Crippen LogP contribution in [0.4, 0.5) is 10.1 Å². The van der Waals surface area contributed by atoms with Crippen molar-refractivity contribution >= 4 is 15.7 Å². The first-order valence-electron chi connectivity index (χ1n) is 6.78. The Kier molecular flexibility index (Phi) is 3.25. The normalized spacial score (nSPS) is 29.2. The molecule has 0 radical (unpaired) electrons. The predicted molar refractivity (Wildman–Crippen MR) is 76.0 cm³/mol. The number of rotatable bonds is 4. The van der Waals surface area contributed by atoms with Crippen molar-refractivity contribution in [3.63, 3.8) is 0 Å². The molecule has 3 rings (SSSR count). The Morgan fingerprint density at radius 2 is 1.95 bits per heavy atom. The van der Waals surface area contributed by atoms with Crippen molar-refractivity contribution in [1.82, 2.24) is 4.31 Å². The number of sulfonamides is 1. The van der Waals surface area contributed by atoms with Gasteiger partial charge in [0.1, 0.15) is 0 Å². The lowest BCUT2D eigenvalue weighted by Gasteiger charge is -2.20. The van der Waals surface area contributed by atoms with Crippen molar-refractivity contribution in [2.24, 2.45) is 17.8 Å². The lowest BCUT2D eigenvalue weighted by Crippen LogP contribution is -2.32. The number of anilines is 1. The molecule has 0 N–H and O–H groups in total. The van der Waals surface area contributed by atoms with Crippen molar-refractivity contribution in [2.45, 2.75) is 4.90 Å². The van der Waals surface area contributed by atoms with Gasteiger partial charge in [0.15, 0.2) is 0 Å². The summed E-state index contributed by atoms with van der Waals surface area (Å²) in [6.45, 7) is 0.612. The van der Waals surface area contributed by atoms with E-state index >= 15 is 0 Å². The molecule has 1 aromatic carbocycles. The van der Waals surface area contributed by atoms with Crippen molar-refractivity contribution < 1.29 is 12.8 Å². The summed E-state index contributed by atoms with van der Waals surface area (Å²) in [5.74, 6) is 0.549. The fourth-order valence-corrected chi connectivity index (χ4v) is 4.66. The molecule has 4 nitrogen and oxygen atoms in total. The third kappa shape index (κ3) is 2.11. The van der Waals surface area contributed by atoms with Gasteiger partial charge in [-0.1, -0.05) is 6.07 Å². The minimum atomic E-state index is -3.44. The van der Waals surface area contributed by atoms with Crippen LogP contribution in [0.1, 0.15) is 0 Å². The summed E-state index contributed by atoms with van der Waals surface area (Å²) in [4.78, 5) is 2.20. The van der Waals surface area contributed by atoms with Gasteiger partial charge in [-0.2, -0.15) is 4.31 Å². The quantitative estimate of drug-likeness (QED) is 0.847. The average molecular weight is 298 g/mol. The maximum absolute atomic E-state index is 12.6. The summed E-state index contributed by atoms with van der Waals surface area (Å²) in [7, 11) is 0.311. The summed E-state index contributed by atoms with van der Waals surface area (Å²) in [5, 5.41) is 0. The Morgan fingerprint density at radius 3 is 2.50 bits per heavy atom. The third-order valence-corrected chi connectivity index (χ3v) is 6.32. The summed E-state index contributed by atoms with van der Waals surface area (Å²) in [5.41, 5.74) is 0.858. The molecule has 20 heavy (non-hydrogen) atoms. The largest absolute Gasteiger partial charge is 0.378 e. The Bertz CT molecular complexity index is 605. The molecule has 0 spiro atoms. The van der Waals surface area contributed by atoms with Gasteiger partial charge in [-0.15, -0.1) is 0 Å². The highest BCUT2D eigenvalue weighted by atomic mass is 32.2. The van der Waals surface area contributed by atoms with Gasteiger partial charge in [-0.25, -0.2) is 8.42 Å². The minimum absolute atomic E-state index is 0.0922. The number of benzene rings is 1. The van der Waals surface area contributed by atoms with Gasteiger partial charge in [-0.3, -0.25) is 4.39 Å². The standard InChI is InChI=1S/C14H19FN2O2S/c1-16(2)10-4-3-5-11(6-10)20(18,19)17-8-13-12(7-15)14(13)9-17/h3-6,12-14H,7-9H2,1-2H3/t12?,13-,14+. The highest BCUT2D eigenvalue weighted by Gasteiger charge is 2.57. The van der Waals surface area contributed by atoms with Crippen molar-refractivity contribution in [2.75, 3.05) is 38.8 Å². The van der Waals surface area contributed by atoms with Crippen LogP contribution < -0.4 is 4.90 Å². The average Bonchev–Trinajstić information content (AvgIpc) is 2.89. The smallest absolute Gasteiger partial charge is 0.243 e. The number of alkyl halides is 1.